The van der Waals surface area contributed by atoms with Crippen molar-refractivity contribution in [3.05, 3.63) is 65.5 Å². The maximum Gasteiger partial charge on any atom is 0.253 e. The van der Waals surface area contributed by atoms with E-state index in [1.165, 1.54) is 24.3 Å². The highest BCUT2D eigenvalue weighted by atomic mass is 19.1. The number of hydrogen-bond donors (Lipinski definition) is 1. The molecule has 1 N–H and O–H groups in total. The molecular weight excluding hydrogens is 361 g/mol. The summed E-state index contributed by atoms with van der Waals surface area (Å²) in [6, 6.07) is 12.8. The molecule has 0 aromatic heterocycles. The van der Waals surface area contributed by atoms with Crippen LogP contribution in [-0.4, -0.2) is 43.1 Å². The fraction of sp³-hybridized carbons (Fsp3) is 0.286. The number of carbonyl (C=O) groups is 2. The fourth-order valence-electron chi connectivity index (χ4n) is 3.10. The third kappa shape index (κ3) is 4.94. The highest BCUT2D eigenvalue weighted by Crippen LogP contribution is 2.19. The second-order valence-electron chi connectivity index (χ2n) is 6.58. The van der Waals surface area contributed by atoms with Gasteiger partial charge in [-0.05, 0) is 54.8 Å². The quantitative estimate of drug-likeness (QED) is 0.638. The van der Waals surface area contributed by atoms with E-state index in [1.807, 2.05) is 24.3 Å². The molecule has 2 amide bonds. The summed E-state index contributed by atoms with van der Waals surface area (Å²) in [4.78, 5) is 26.4. The van der Waals surface area contributed by atoms with Crippen molar-refractivity contribution in [3.8, 4) is 5.75 Å². The summed E-state index contributed by atoms with van der Waals surface area (Å²) in [6.07, 6.45) is 2.69. The molecule has 2 aromatic rings. The molecular formula is C21H22FN3O3. The van der Waals surface area contributed by atoms with E-state index < -0.39 is 0 Å². The Labute approximate surface area is 163 Å². The van der Waals surface area contributed by atoms with Gasteiger partial charge in [0.1, 0.15) is 11.6 Å². The second-order valence-corrected chi connectivity index (χ2v) is 6.58. The Morgan fingerprint density at radius 2 is 1.89 bits per heavy atom. The molecule has 6 nitrogen and oxygen atoms in total. The lowest BCUT2D eigenvalue weighted by molar-refractivity contribution is -0.126. The molecule has 0 unspecified atom stereocenters. The number of halogens is 1. The van der Waals surface area contributed by atoms with Crippen molar-refractivity contribution in [1.29, 1.82) is 0 Å². The lowest BCUT2D eigenvalue weighted by Gasteiger charge is -2.31. The average Bonchev–Trinajstić information content (AvgIpc) is 2.74. The van der Waals surface area contributed by atoms with Crippen molar-refractivity contribution in [1.82, 2.24) is 10.3 Å². The van der Waals surface area contributed by atoms with Gasteiger partial charge in [0.2, 0.25) is 5.91 Å². The summed E-state index contributed by atoms with van der Waals surface area (Å²) in [7, 11) is 1.59. The summed E-state index contributed by atoms with van der Waals surface area (Å²) < 4.78 is 18.1. The number of methoxy groups -OCH3 is 1. The Balaban J connectivity index is 1.48. The van der Waals surface area contributed by atoms with E-state index in [4.69, 9.17) is 4.74 Å². The molecule has 3 rings (SSSR count). The molecule has 0 atom stereocenters. The number of nitrogens with zero attached hydrogens (tertiary/aromatic N) is 2. The van der Waals surface area contributed by atoms with Crippen LogP contribution in [0.2, 0.25) is 0 Å². The van der Waals surface area contributed by atoms with Gasteiger partial charge in [-0.25, -0.2) is 9.82 Å². The maximum absolute atomic E-state index is 13.0. The van der Waals surface area contributed by atoms with Crippen molar-refractivity contribution in [2.75, 3.05) is 20.2 Å². The van der Waals surface area contributed by atoms with E-state index in [1.54, 1.807) is 18.2 Å². The predicted molar refractivity (Wildman–Crippen MR) is 104 cm³/mol. The van der Waals surface area contributed by atoms with Gasteiger partial charge in [-0.15, -0.1) is 0 Å². The highest BCUT2D eigenvalue weighted by Gasteiger charge is 2.27. The van der Waals surface area contributed by atoms with Crippen LogP contribution in [-0.2, 0) is 4.79 Å². The first kappa shape index (κ1) is 19.5. The van der Waals surface area contributed by atoms with Gasteiger partial charge in [0.15, 0.2) is 0 Å². The van der Waals surface area contributed by atoms with Gasteiger partial charge in [-0.2, -0.15) is 5.10 Å². The summed E-state index contributed by atoms with van der Waals surface area (Å²) >= 11 is 0. The first-order chi connectivity index (χ1) is 13.6. The van der Waals surface area contributed by atoms with Crippen LogP contribution in [0.1, 0.15) is 28.8 Å². The molecule has 0 radical (unpaired) electrons. The van der Waals surface area contributed by atoms with Crippen LogP contribution < -0.4 is 10.2 Å². The maximum atomic E-state index is 13.0. The predicted octanol–water partition coefficient (Wildman–Crippen LogP) is 2.84. The summed E-state index contributed by atoms with van der Waals surface area (Å²) in [5.74, 6) is -0.155. The molecule has 0 saturated carbocycles. The molecule has 1 heterocycles. The number of hydrogen-bond acceptors (Lipinski definition) is 4. The Morgan fingerprint density at radius 3 is 2.57 bits per heavy atom. The van der Waals surface area contributed by atoms with Crippen molar-refractivity contribution < 1.29 is 18.7 Å². The van der Waals surface area contributed by atoms with E-state index in [2.05, 4.69) is 10.5 Å². The Hall–Kier alpha value is -3.22. The molecule has 1 aliphatic heterocycles. The van der Waals surface area contributed by atoms with Crippen LogP contribution in [0.4, 0.5) is 4.39 Å². The molecule has 0 bridgehead atoms. The first-order valence-electron chi connectivity index (χ1n) is 9.08. The lowest BCUT2D eigenvalue weighted by atomic mass is 9.95. The summed E-state index contributed by atoms with van der Waals surface area (Å²) in [5.41, 5.74) is 3.83. The van der Waals surface area contributed by atoms with Gasteiger partial charge in [-0.1, -0.05) is 12.1 Å². The molecule has 2 aromatic carbocycles. The van der Waals surface area contributed by atoms with Crippen LogP contribution in [0.3, 0.4) is 0 Å². The summed E-state index contributed by atoms with van der Waals surface area (Å²) in [5, 5.41) is 4.01. The highest BCUT2D eigenvalue weighted by molar-refractivity contribution is 5.94. The van der Waals surface area contributed by atoms with E-state index in [0.717, 1.165) is 5.56 Å². The smallest absolute Gasteiger partial charge is 0.253 e. The number of nitrogens with one attached hydrogen (secondary N) is 1. The number of likely N-dealkylation sites (tertiary alicyclic amines) is 1. The SMILES string of the molecule is COc1cccc(/C=N\NC(=O)C2CCN(C(=O)c3ccc(F)cc3)CC2)c1. The number of amides is 2. The molecule has 146 valence electrons. The minimum absolute atomic E-state index is 0.144. The van der Waals surface area contributed by atoms with Crippen molar-refractivity contribution in [3.63, 3.8) is 0 Å². The van der Waals surface area contributed by atoms with E-state index in [9.17, 15) is 14.0 Å². The molecule has 1 saturated heterocycles. The minimum atomic E-state index is -0.374. The zero-order valence-corrected chi connectivity index (χ0v) is 15.6. The Kier molecular flexibility index (Phi) is 6.37. The van der Waals surface area contributed by atoms with Gasteiger partial charge >= 0.3 is 0 Å². The monoisotopic (exact) mass is 383 g/mol. The number of piperidine rings is 1. The third-order valence-corrected chi connectivity index (χ3v) is 4.73. The van der Waals surface area contributed by atoms with Crippen LogP contribution >= 0.6 is 0 Å². The van der Waals surface area contributed by atoms with Crippen LogP contribution in [0.25, 0.3) is 0 Å². The number of hydrazone groups is 1. The van der Waals surface area contributed by atoms with E-state index in [0.29, 0.717) is 37.2 Å². The summed E-state index contributed by atoms with van der Waals surface area (Å²) in [6.45, 7) is 0.960. The van der Waals surface area contributed by atoms with Crippen LogP contribution in [0.5, 0.6) is 5.75 Å². The molecule has 0 spiro atoms. The van der Waals surface area contributed by atoms with Gasteiger partial charge in [0.25, 0.3) is 5.91 Å². The average molecular weight is 383 g/mol. The van der Waals surface area contributed by atoms with Crippen molar-refractivity contribution in [2.24, 2.45) is 11.0 Å². The normalized spacial score (nSPS) is 14.9. The number of benzene rings is 2. The zero-order valence-electron chi connectivity index (χ0n) is 15.6. The number of carbonyl (C=O) groups excluding carboxylic acids is 2. The topological polar surface area (TPSA) is 71.0 Å². The molecule has 7 heteroatoms. The zero-order chi connectivity index (χ0) is 19.9. The van der Waals surface area contributed by atoms with E-state index >= 15 is 0 Å². The van der Waals surface area contributed by atoms with Gasteiger partial charge in [-0.3, -0.25) is 9.59 Å². The largest absolute Gasteiger partial charge is 0.497 e. The van der Waals surface area contributed by atoms with Crippen LogP contribution in [0, 0.1) is 11.7 Å². The number of ether oxygens (including phenoxy) is 1. The second kappa shape index (κ2) is 9.12. The molecule has 0 aliphatic carbocycles. The van der Waals surface area contributed by atoms with Gasteiger partial charge in [0.05, 0.1) is 13.3 Å². The van der Waals surface area contributed by atoms with Crippen molar-refractivity contribution in [2.45, 2.75) is 12.8 Å². The van der Waals surface area contributed by atoms with Gasteiger partial charge < -0.3 is 9.64 Å². The standard InChI is InChI=1S/C21H22FN3O3/c1-28-19-4-2-3-15(13-19)14-23-24-20(26)16-9-11-25(12-10-16)21(27)17-5-7-18(22)8-6-17/h2-8,13-14,16H,9-12H2,1H3,(H,24,26)/b23-14-. The molecule has 1 fully saturated rings. The van der Waals surface area contributed by atoms with E-state index in [-0.39, 0.29) is 23.5 Å². The lowest BCUT2D eigenvalue weighted by Crippen LogP contribution is -2.42. The minimum Gasteiger partial charge on any atom is -0.497 e. The number of rotatable bonds is 5. The van der Waals surface area contributed by atoms with Crippen LogP contribution in [0.15, 0.2) is 53.6 Å². The van der Waals surface area contributed by atoms with Gasteiger partial charge in [0, 0.05) is 24.6 Å². The first-order valence-corrected chi connectivity index (χ1v) is 9.08. The Bertz CT molecular complexity index is 859. The molecule has 28 heavy (non-hydrogen) atoms. The Morgan fingerprint density at radius 1 is 1.18 bits per heavy atom. The third-order valence-electron chi connectivity index (χ3n) is 4.73. The van der Waals surface area contributed by atoms with Crippen molar-refractivity contribution >= 4 is 18.0 Å². The fourth-order valence-corrected chi connectivity index (χ4v) is 3.10. The molecule has 1 aliphatic rings.